The Balaban J connectivity index is 1.42. The number of hydrogen-bond acceptors (Lipinski definition) is 6. The van der Waals surface area contributed by atoms with E-state index in [9.17, 15) is 19.2 Å². The van der Waals surface area contributed by atoms with Gasteiger partial charge in [-0.15, -0.1) is 11.8 Å². The number of anilines is 2. The van der Waals surface area contributed by atoms with Crippen LogP contribution in [-0.2, 0) is 9.59 Å². The van der Waals surface area contributed by atoms with Gasteiger partial charge in [-0.3, -0.25) is 19.2 Å². The largest absolute Gasteiger partial charge is 0.465 e. The Kier molecular flexibility index (Phi) is 9.32. The van der Waals surface area contributed by atoms with E-state index in [1.54, 1.807) is 91.9 Å². The highest BCUT2D eigenvalue weighted by Gasteiger charge is 2.18. The molecule has 40 heavy (non-hydrogen) atoms. The molecule has 3 N–H and O–H groups in total. The Morgan fingerprint density at radius 2 is 1.55 bits per heavy atom. The summed E-state index contributed by atoms with van der Waals surface area (Å²) in [6.07, 6.45) is 2.92. The molecule has 202 valence electrons. The lowest BCUT2D eigenvalue weighted by molar-refractivity contribution is -0.115. The van der Waals surface area contributed by atoms with Gasteiger partial charge in [0.15, 0.2) is 5.78 Å². The number of furan rings is 1. The maximum atomic E-state index is 13.2. The summed E-state index contributed by atoms with van der Waals surface area (Å²) in [6, 6.07) is 25.7. The molecule has 0 aliphatic rings. The number of amides is 3. The SMILES string of the molecule is CC(=O)c1ccc(NC(=O)C(C)Sc2cccc(NC(=O)/C(=C/c3ccco3)NC(=O)c3ccccc3)c2)cc1. The number of Topliss-reactive ketones (excluding diaryl/α,β-unsaturated/α-hetero) is 1. The molecular formula is C31H27N3O5S. The van der Waals surface area contributed by atoms with Crippen LogP contribution in [-0.4, -0.2) is 28.8 Å². The van der Waals surface area contributed by atoms with Crippen LogP contribution in [0.4, 0.5) is 11.4 Å². The van der Waals surface area contributed by atoms with Gasteiger partial charge in [0, 0.05) is 33.5 Å². The van der Waals surface area contributed by atoms with E-state index in [1.165, 1.54) is 31.0 Å². The van der Waals surface area contributed by atoms with Gasteiger partial charge in [-0.05, 0) is 80.6 Å². The van der Waals surface area contributed by atoms with Crippen LogP contribution in [0.25, 0.3) is 6.08 Å². The van der Waals surface area contributed by atoms with Crippen LogP contribution < -0.4 is 16.0 Å². The van der Waals surface area contributed by atoms with Gasteiger partial charge >= 0.3 is 0 Å². The minimum atomic E-state index is -0.539. The van der Waals surface area contributed by atoms with Crippen molar-refractivity contribution in [3.63, 3.8) is 0 Å². The zero-order chi connectivity index (χ0) is 28.5. The second-order valence-electron chi connectivity index (χ2n) is 8.76. The maximum absolute atomic E-state index is 13.2. The first-order valence-electron chi connectivity index (χ1n) is 12.4. The molecular weight excluding hydrogens is 526 g/mol. The van der Waals surface area contributed by atoms with Crippen molar-refractivity contribution in [2.45, 2.75) is 24.0 Å². The van der Waals surface area contributed by atoms with Crippen LogP contribution in [0.15, 0.2) is 112 Å². The van der Waals surface area contributed by atoms with Crippen LogP contribution in [0.5, 0.6) is 0 Å². The molecule has 0 spiro atoms. The topological polar surface area (TPSA) is 118 Å². The molecule has 0 aliphatic heterocycles. The van der Waals surface area contributed by atoms with Gasteiger partial charge in [-0.2, -0.15) is 0 Å². The average molecular weight is 554 g/mol. The third kappa shape index (κ3) is 7.81. The van der Waals surface area contributed by atoms with E-state index in [0.717, 1.165) is 4.90 Å². The summed E-state index contributed by atoms with van der Waals surface area (Å²) in [5, 5.41) is 7.86. The summed E-state index contributed by atoms with van der Waals surface area (Å²) in [6.45, 7) is 3.26. The number of hydrogen-bond donors (Lipinski definition) is 3. The van der Waals surface area contributed by atoms with E-state index in [4.69, 9.17) is 4.42 Å². The molecule has 9 heteroatoms. The van der Waals surface area contributed by atoms with Crippen LogP contribution in [0, 0.1) is 0 Å². The van der Waals surface area contributed by atoms with Crippen molar-refractivity contribution < 1.29 is 23.6 Å². The van der Waals surface area contributed by atoms with E-state index < -0.39 is 17.1 Å². The van der Waals surface area contributed by atoms with Crippen molar-refractivity contribution in [3.05, 3.63) is 120 Å². The van der Waals surface area contributed by atoms with Crippen LogP contribution in [0.2, 0.25) is 0 Å². The molecule has 0 saturated heterocycles. The summed E-state index contributed by atoms with van der Waals surface area (Å²) in [5.41, 5.74) is 2.06. The fourth-order valence-corrected chi connectivity index (χ4v) is 4.52. The molecule has 0 bridgehead atoms. The van der Waals surface area contributed by atoms with Crippen molar-refractivity contribution in [3.8, 4) is 0 Å². The molecule has 8 nitrogen and oxygen atoms in total. The molecule has 0 fully saturated rings. The highest BCUT2D eigenvalue weighted by molar-refractivity contribution is 8.00. The molecule has 1 heterocycles. The lowest BCUT2D eigenvalue weighted by Gasteiger charge is -2.14. The monoisotopic (exact) mass is 553 g/mol. The minimum absolute atomic E-state index is 0.00500. The predicted octanol–water partition coefficient (Wildman–Crippen LogP) is 6.01. The van der Waals surface area contributed by atoms with Crippen molar-refractivity contribution in [2.24, 2.45) is 0 Å². The molecule has 1 aromatic heterocycles. The van der Waals surface area contributed by atoms with Crippen LogP contribution in [0.3, 0.4) is 0 Å². The number of ketones is 1. The smallest absolute Gasteiger partial charge is 0.272 e. The van der Waals surface area contributed by atoms with Crippen molar-refractivity contribution in [1.82, 2.24) is 5.32 Å². The van der Waals surface area contributed by atoms with Gasteiger partial charge in [0.05, 0.1) is 11.5 Å². The molecule has 0 saturated carbocycles. The number of benzene rings is 3. The second kappa shape index (κ2) is 13.3. The second-order valence-corrected chi connectivity index (χ2v) is 10.2. The summed E-state index contributed by atoms with van der Waals surface area (Å²) in [5.74, 6) is -0.826. The fraction of sp³-hybridized carbons (Fsp3) is 0.0968. The van der Waals surface area contributed by atoms with Gasteiger partial charge in [0.1, 0.15) is 11.5 Å². The third-order valence-electron chi connectivity index (χ3n) is 5.69. The van der Waals surface area contributed by atoms with E-state index in [1.807, 2.05) is 6.07 Å². The average Bonchev–Trinajstić information content (AvgIpc) is 3.47. The van der Waals surface area contributed by atoms with Gasteiger partial charge in [-0.1, -0.05) is 24.3 Å². The minimum Gasteiger partial charge on any atom is -0.465 e. The Hall–Kier alpha value is -4.89. The predicted molar refractivity (Wildman–Crippen MR) is 156 cm³/mol. The molecule has 4 aromatic rings. The number of carbonyl (C=O) groups is 4. The highest BCUT2D eigenvalue weighted by atomic mass is 32.2. The lowest BCUT2D eigenvalue weighted by Crippen LogP contribution is -2.30. The van der Waals surface area contributed by atoms with Crippen LogP contribution in [0.1, 0.15) is 40.3 Å². The van der Waals surface area contributed by atoms with Crippen molar-refractivity contribution >= 4 is 52.7 Å². The lowest BCUT2D eigenvalue weighted by atomic mass is 10.1. The molecule has 0 aliphatic carbocycles. The molecule has 1 atom stereocenters. The number of thioether (sulfide) groups is 1. The van der Waals surface area contributed by atoms with E-state index in [0.29, 0.717) is 28.3 Å². The quantitative estimate of drug-likeness (QED) is 0.126. The highest BCUT2D eigenvalue weighted by Crippen LogP contribution is 2.27. The van der Waals surface area contributed by atoms with Crippen LogP contribution >= 0.6 is 11.8 Å². The Labute approximate surface area is 235 Å². The fourth-order valence-electron chi connectivity index (χ4n) is 3.59. The normalized spacial score (nSPS) is 11.8. The van der Waals surface area contributed by atoms with Crippen molar-refractivity contribution in [2.75, 3.05) is 10.6 Å². The summed E-state index contributed by atoms with van der Waals surface area (Å²) < 4.78 is 5.33. The molecule has 0 radical (unpaired) electrons. The number of nitrogens with one attached hydrogen (secondary N) is 3. The zero-order valence-electron chi connectivity index (χ0n) is 21.8. The number of carbonyl (C=O) groups excluding carboxylic acids is 4. The van der Waals surface area contributed by atoms with E-state index in [2.05, 4.69) is 16.0 Å². The van der Waals surface area contributed by atoms with E-state index in [-0.39, 0.29) is 17.4 Å². The standard InChI is InChI=1S/C31H27N3O5S/c1-20(35)22-13-15-24(16-14-22)32-29(36)21(2)40-27-12-6-10-25(18-27)33-31(38)28(19-26-11-7-17-39-26)34-30(37)23-8-4-3-5-9-23/h3-19,21H,1-2H3,(H,32,36)(H,33,38)(H,34,37)/b28-19-. The molecule has 3 amide bonds. The van der Waals surface area contributed by atoms with Crippen molar-refractivity contribution in [1.29, 1.82) is 0 Å². The first kappa shape index (κ1) is 28.1. The Bertz CT molecular complexity index is 1530. The third-order valence-corrected chi connectivity index (χ3v) is 6.79. The number of rotatable bonds is 10. The summed E-state index contributed by atoms with van der Waals surface area (Å²) >= 11 is 1.32. The maximum Gasteiger partial charge on any atom is 0.272 e. The summed E-state index contributed by atoms with van der Waals surface area (Å²) in [7, 11) is 0. The zero-order valence-corrected chi connectivity index (χ0v) is 22.7. The van der Waals surface area contributed by atoms with E-state index >= 15 is 0 Å². The molecule has 3 aromatic carbocycles. The van der Waals surface area contributed by atoms with Gasteiger partial charge in [0.2, 0.25) is 5.91 Å². The Morgan fingerprint density at radius 1 is 0.800 bits per heavy atom. The van der Waals surface area contributed by atoms with Gasteiger partial charge in [0.25, 0.3) is 11.8 Å². The first-order chi connectivity index (χ1) is 19.3. The molecule has 1 unspecified atom stereocenters. The van der Waals surface area contributed by atoms with Gasteiger partial charge in [-0.25, -0.2) is 0 Å². The first-order valence-corrected chi connectivity index (χ1v) is 13.3. The summed E-state index contributed by atoms with van der Waals surface area (Å²) in [4.78, 5) is 50.9. The molecule has 4 rings (SSSR count). The Morgan fingerprint density at radius 3 is 2.23 bits per heavy atom. The van der Waals surface area contributed by atoms with Gasteiger partial charge < -0.3 is 20.4 Å².